The number of hydrogen-bond donors (Lipinski definition) is 2. The van der Waals surface area contributed by atoms with Gasteiger partial charge < -0.3 is 20.9 Å². The Bertz CT molecular complexity index is 1120. The van der Waals surface area contributed by atoms with E-state index in [1.165, 1.54) is 0 Å². The number of rotatable bonds is 5. The lowest BCUT2D eigenvalue weighted by molar-refractivity contribution is -0.137. The Kier molecular flexibility index (Phi) is 6.00. The van der Waals surface area contributed by atoms with E-state index in [1.807, 2.05) is 30.3 Å². The molecule has 0 saturated heterocycles. The van der Waals surface area contributed by atoms with Crippen LogP contribution in [0.1, 0.15) is 11.4 Å². The molecule has 4 N–H and O–H groups in total. The molecule has 2 heterocycles. The number of nitrogens with two attached hydrogens (primary N) is 2. The van der Waals surface area contributed by atoms with Crippen molar-refractivity contribution in [3.8, 4) is 11.6 Å². The predicted molar refractivity (Wildman–Crippen MR) is 109 cm³/mol. The van der Waals surface area contributed by atoms with Crippen molar-refractivity contribution in [2.24, 2.45) is 21.5 Å². The summed E-state index contributed by atoms with van der Waals surface area (Å²) in [6.07, 6.45) is -3.84. The van der Waals surface area contributed by atoms with Crippen molar-refractivity contribution in [2.45, 2.75) is 6.18 Å². The zero-order valence-corrected chi connectivity index (χ0v) is 16.2. The van der Waals surface area contributed by atoms with E-state index in [1.54, 1.807) is 11.9 Å². The third kappa shape index (κ3) is 5.23. The summed E-state index contributed by atoms with van der Waals surface area (Å²) >= 11 is 0. The summed E-state index contributed by atoms with van der Waals surface area (Å²) in [7, 11) is 1.75. The number of anilines is 1. The standard InChI is InChI=1S/C19H17F3N8O/c1-11(30(2)13-6-4-3-5-7-13)26-18(24)27-15(23)16-28-17(31-29-16)14-9-8-12(10-25-14)19(20,21)22/h3-10H,1H2,2H3,(H4,23,24,26,27). The topological polar surface area (TPSA) is 132 Å². The normalized spacial score (nSPS) is 12.6. The fourth-order valence-corrected chi connectivity index (χ4v) is 2.33. The van der Waals surface area contributed by atoms with Crippen LogP contribution in [0, 0.1) is 0 Å². The van der Waals surface area contributed by atoms with Crippen LogP contribution < -0.4 is 16.4 Å². The van der Waals surface area contributed by atoms with Gasteiger partial charge in [0.05, 0.1) is 5.56 Å². The first-order valence-corrected chi connectivity index (χ1v) is 8.69. The van der Waals surface area contributed by atoms with Gasteiger partial charge in [-0.2, -0.15) is 28.1 Å². The molecule has 3 aromatic rings. The molecule has 0 atom stereocenters. The molecule has 3 rings (SSSR count). The largest absolute Gasteiger partial charge is 0.417 e. The van der Waals surface area contributed by atoms with E-state index in [4.69, 9.17) is 16.0 Å². The molecule has 0 amide bonds. The Morgan fingerprint density at radius 3 is 2.42 bits per heavy atom. The monoisotopic (exact) mass is 430 g/mol. The number of aliphatic imine (C=N–C) groups is 2. The molecule has 9 nitrogen and oxygen atoms in total. The van der Waals surface area contributed by atoms with E-state index in [9.17, 15) is 13.2 Å². The lowest BCUT2D eigenvalue weighted by atomic mass is 10.2. The minimum atomic E-state index is -4.50. The van der Waals surface area contributed by atoms with Crippen LogP contribution in [0.2, 0.25) is 0 Å². The van der Waals surface area contributed by atoms with E-state index in [2.05, 4.69) is 31.7 Å². The second-order valence-electron chi connectivity index (χ2n) is 6.13. The molecule has 0 fully saturated rings. The van der Waals surface area contributed by atoms with Crippen molar-refractivity contribution in [2.75, 3.05) is 11.9 Å². The quantitative estimate of drug-likeness (QED) is 0.470. The number of hydrogen-bond acceptors (Lipinski definition) is 6. The Morgan fingerprint density at radius 2 is 1.81 bits per heavy atom. The summed E-state index contributed by atoms with van der Waals surface area (Å²) in [6, 6.07) is 11.3. The Labute approximate surface area is 174 Å². The average molecular weight is 430 g/mol. The van der Waals surface area contributed by atoms with Gasteiger partial charge in [0, 0.05) is 18.9 Å². The van der Waals surface area contributed by atoms with Crippen LogP contribution in [0.4, 0.5) is 18.9 Å². The molecule has 0 bridgehead atoms. The van der Waals surface area contributed by atoms with Crippen LogP contribution in [-0.4, -0.2) is 34.0 Å². The van der Waals surface area contributed by atoms with Gasteiger partial charge in [-0.3, -0.25) is 4.98 Å². The molecule has 0 saturated carbocycles. The van der Waals surface area contributed by atoms with Crippen molar-refractivity contribution < 1.29 is 17.7 Å². The highest BCUT2D eigenvalue weighted by Crippen LogP contribution is 2.29. The number of alkyl halides is 3. The maximum atomic E-state index is 12.6. The molecule has 1 aromatic carbocycles. The number of halogens is 3. The van der Waals surface area contributed by atoms with Gasteiger partial charge in [0.2, 0.25) is 11.8 Å². The second-order valence-corrected chi connectivity index (χ2v) is 6.13. The van der Waals surface area contributed by atoms with Gasteiger partial charge in [-0.15, -0.1) is 0 Å². The molecular weight excluding hydrogens is 413 g/mol. The number of guanidine groups is 1. The average Bonchev–Trinajstić information content (AvgIpc) is 3.23. The van der Waals surface area contributed by atoms with E-state index in [0.29, 0.717) is 12.0 Å². The number of aromatic nitrogens is 3. The fraction of sp³-hybridized carbons (Fsp3) is 0.105. The fourth-order valence-electron chi connectivity index (χ4n) is 2.33. The van der Waals surface area contributed by atoms with E-state index >= 15 is 0 Å². The van der Waals surface area contributed by atoms with Crippen LogP contribution >= 0.6 is 0 Å². The molecule has 160 valence electrons. The smallest absolute Gasteiger partial charge is 0.380 e. The molecular formula is C19H17F3N8O. The summed E-state index contributed by atoms with van der Waals surface area (Å²) in [5.41, 5.74) is 11.6. The minimum absolute atomic E-state index is 0.0408. The Morgan fingerprint density at radius 1 is 1.10 bits per heavy atom. The Hall–Kier alpha value is -4.22. The Balaban J connectivity index is 1.74. The van der Waals surface area contributed by atoms with Crippen molar-refractivity contribution in [1.29, 1.82) is 0 Å². The van der Waals surface area contributed by atoms with E-state index in [-0.39, 0.29) is 29.2 Å². The second kappa shape index (κ2) is 8.65. The molecule has 0 spiro atoms. The third-order valence-corrected chi connectivity index (χ3v) is 3.97. The van der Waals surface area contributed by atoms with Crippen LogP contribution in [-0.2, 0) is 6.18 Å². The SMILES string of the molecule is C=C(/N=C(N)\N=C(/N)c1noc(-c2ccc(C(F)(F)F)cn2)n1)N(C)c1ccccc1. The highest BCUT2D eigenvalue weighted by atomic mass is 19.4. The first-order valence-electron chi connectivity index (χ1n) is 8.69. The highest BCUT2D eigenvalue weighted by Gasteiger charge is 2.31. The van der Waals surface area contributed by atoms with Gasteiger partial charge in [0.25, 0.3) is 5.89 Å². The predicted octanol–water partition coefficient (Wildman–Crippen LogP) is 2.78. The minimum Gasteiger partial charge on any atom is -0.380 e. The van der Waals surface area contributed by atoms with Crippen molar-refractivity contribution in [1.82, 2.24) is 15.1 Å². The molecule has 0 unspecified atom stereocenters. The summed E-state index contributed by atoms with van der Waals surface area (Å²) in [5.74, 6) is -0.368. The van der Waals surface area contributed by atoms with Gasteiger partial charge in [0.15, 0.2) is 5.84 Å². The van der Waals surface area contributed by atoms with Crippen molar-refractivity contribution in [3.63, 3.8) is 0 Å². The summed E-state index contributed by atoms with van der Waals surface area (Å²) in [5, 5.41) is 3.63. The van der Waals surface area contributed by atoms with Gasteiger partial charge in [0.1, 0.15) is 11.5 Å². The van der Waals surface area contributed by atoms with Crippen LogP contribution in [0.3, 0.4) is 0 Å². The van der Waals surface area contributed by atoms with Gasteiger partial charge >= 0.3 is 6.18 Å². The lowest BCUT2D eigenvalue weighted by Gasteiger charge is -2.18. The lowest BCUT2D eigenvalue weighted by Crippen LogP contribution is -2.22. The zero-order chi connectivity index (χ0) is 22.6. The molecule has 0 aliphatic heterocycles. The summed E-state index contributed by atoms with van der Waals surface area (Å²) in [4.78, 5) is 17.3. The van der Waals surface area contributed by atoms with Crippen molar-refractivity contribution >= 4 is 17.5 Å². The van der Waals surface area contributed by atoms with Crippen LogP contribution in [0.15, 0.2) is 75.6 Å². The molecule has 0 aliphatic rings. The molecule has 12 heteroatoms. The first-order chi connectivity index (χ1) is 14.6. The third-order valence-electron chi connectivity index (χ3n) is 3.97. The molecule has 0 radical (unpaired) electrons. The van der Waals surface area contributed by atoms with Gasteiger partial charge in [-0.1, -0.05) is 29.9 Å². The number of amidine groups is 1. The molecule has 0 aliphatic carbocycles. The van der Waals surface area contributed by atoms with Gasteiger partial charge in [-0.05, 0) is 24.3 Å². The van der Waals surface area contributed by atoms with E-state index in [0.717, 1.165) is 17.8 Å². The number of para-hydroxylation sites is 1. The van der Waals surface area contributed by atoms with E-state index < -0.39 is 11.7 Å². The maximum Gasteiger partial charge on any atom is 0.417 e. The zero-order valence-electron chi connectivity index (χ0n) is 16.2. The van der Waals surface area contributed by atoms with Crippen LogP contribution in [0.25, 0.3) is 11.6 Å². The summed E-state index contributed by atoms with van der Waals surface area (Å²) in [6.45, 7) is 3.83. The molecule has 31 heavy (non-hydrogen) atoms. The first kappa shape index (κ1) is 21.5. The number of nitrogens with zero attached hydrogens (tertiary/aromatic N) is 6. The van der Waals surface area contributed by atoms with Crippen LogP contribution in [0.5, 0.6) is 0 Å². The molecule has 2 aromatic heterocycles. The summed E-state index contributed by atoms with van der Waals surface area (Å²) < 4.78 is 42.9. The number of pyridine rings is 1. The van der Waals surface area contributed by atoms with Crippen molar-refractivity contribution in [3.05, 3.63) is 72.4 Å². The number of benzene rings is 1. The van der Waals surface area contributed by atoms with Gasteiger partial charge in [-0.25, -0.2) is 0 Å². The highest BCUT2D eigenvalue weighted by molar-refractivity contribution is 6.02. The maximum absolute atomic E-state index is 12.6.